The van der Waals surface area contributed by atoms with Crippen molar-refractivity contribution in [2.24, 2.45) is 10.2 Å². The van der Waals surface area contributed by atoms with Gasteiger partial charge in [0.25, 0.3) is 0 Å². The van der Waals surface area contributed by atoms with Gasteiger partial charge >= 0.3 is 35.8 Å². The van der Waals surface area contributed by atoms with Gasteiger partial charge in [0, 0.05) is 51.4 Å². The molecule has 2 fully saturated rings. The van der Waals surface area contributed by atoms with E-state index in [1.807, 2.05) is 0 Å². The quantitative estimate of drug-likeness (QED) is 0.0382. The van der Waals surface area contributed by atoms with Crippen molar-refractivity contribution in [3.8, 4) is 0 Å². The second-order valence-corrected chi connectivity index (χ2v) is 13.5. The molecule has 0 aliphatic carbocycles. The highest BCUT2D eigenvalue weighted by atomic mass is 16.7. The third kappa shape index (κ3) is 15.4. The van der Waals surface area contributed by atoms with E-state index in [9.17, 15) is 28.8 Å². The molecule has 2 saturated heterocycles. The van der Waals surface area contributed by atoms with E-state index < -0.39 is 97.2 Å². The molecule has 2 aliphatic rings. The van der Waals surface area contributed by atoms with Crippen molar-refractivity contribution in [3.05, 3.63) is 44.7 Å². The summed E-state index contributed by atoms with van der Waals surface area (Å²) in [5.74, 6) is -4.63. The van der Waals surface area contributed by atoms with Crippen LogP contribution in [0.15, 0.2) is 22.6 Å². The third-order valence-corrected chi connectivity index (χ3v) is 8.54. The number of rotatable bonds is 22. The van der Waals surface area contributed by atoms with Crippen molar-refractivity contribution in [2.75, 3.05) is 26.3 Å². The van der Waals surface area contributed by atoms with Crippen LogP contribution in [0.25, 0.3) is 20.9 Å². The molecule has 29 heteroatoms. The van der Waals surface area contributed by atoms with Gasteiger partial charge in [0.1, 0.15) is 23.6 Å². The van der Waals surface area contributed by atoms with Gasteiger partial charge in [-0.2, -0.15) is 0 Å². The first-order chi connectivity index (χ1) is 30.1. The smallest absolute Gasteiger partial charge is 0.303 e. The average molecular weight is 895 g/mol. The number of ether oxygens (including phenoxy) is 11. The molecule has 344 valence electrons. The maximum Gasteiger partial charge on any atom is 0.303 e. The minimum Gasteiger partial charge on any atom is -0.456 e. The molecular weight excluding hydrogens is 848 g/mol. The minimum absolute atomic E-state index is 0.197. The Morgan fingerprint density at radius 1 is 0.571 bits per heavy atom. The lowest BCUT2D eigenvalue weighted by atomic mass is 9.97. The Hall–Kier alpha value is -6.48. The fourth-order valence-electron chi connectivity index (χ4n) is 6.29. The zero-order valence-electron chi connectivity index (χ0n) is 34.9. The molecule has 2 aromatic heterocycles. The number of azide groups is 2. The molecule has 29 nitrogen and oxygen atoms in total. The Morgan fingerprint density at radius 3 is 1.24 bits per heavy atom. The maximum absolute atomic E-state index is 12.0. The SMILES string of the molecule is CC(=O)O[C@@H]1[C@H](OC(C)=O)[C@@H](OCc2cn(CCOCCn3cc(CO[C@H]4O[C@H](CN=[N+]=[N-])[C@@H](OC(C)=O)[C@H](OC(C)=O)[C@@H]4OC(C)=O)nn3)nn2)O[C@H](CN=[N+]=[N-])[C@H]1OC(C)=O. The molecule has 63 heavy (non-hydrogen) atoms. The predicted molar refractivity (Wildman–Crippen MR) is 199 cm³/mol. The van der Waals surface area contributed by atoms with E-state index in [-0.39, 0.29) is 52.6 Å². The lowest BCUT2D eigenvalue weighted by molar-refractivity contribution is -0.304. The highest BCUT2D eigenvalue weighted by molar-refractivity contribution is 5.69. The predicted octanol–water partition coefficient (Wildman–Crippen LogP) is 0.280. The second kappa shape index (κ2) is 24.2. The summed E-state index contributed by atoms with van der Waals surface area (Å²) in [6.45, 7) is 6.46. The summed E-state index contributed by atoms with van der Waals surface area (Å²) in [7, 11) is 0. The van der Waals surface area contributed by atoms with Gasteiger partial charge in [-0.05, 0) is 11.1 Å². The first-order valence-electron chi connectivity index (χ1n) is 19.0. The summed E-state index contributed by atoms with van der Waals surface area (Å²) in [5.41, 5.74) is 18.4. The molecule has 0 spiro atoms. The summed E-state index contributed by atoms with van der Waals surface area (Å²) in [6.07, 6.45) is -10.1. The van der Waals surface area contributed by atoms with Crippen LogP contribution < -0.4 is 0 Å². The fraction of sp³-hybridized carbons (Fsp3) is 0.706. The molecule has 4 heterocycles. The number of carbonyl (C=O) groups excluding carboxylic acids is 6. The number of esters is 6. The molecule has 0 N–H and O–H groups in total. The fourth-order valence-corrected chi connectivity index (χ4v) is 6.29. The van der Waals surface area contributed by atoms with Crippen LogP contribution in [0, 0.1) is 0 Å². The standard InChI is InChI=1S/C34H46N12O17/c1-17(47)56-27-25(11-37-41-35)62-33(31(60-21(5)51)29(27)58-19(3)49)54-15-23-13-45(43-39-23)7-9-53-10-8-46-14-24(40-44-46)16-55-34-32(61-22(6)52)30(59-20(4)50)28(57-18(2)48)26(63-34)12-38-42-36/h13-14,25-34H,7-12,15-16H2,1-6H3/t25-,26-,27-,28-,29+,30+,31+,32+,33+,34+/m1/s1. The number of hydrogen-bond donors (Lipinski definition) is 0. The van der Waals surface area contributed by atoms with Crippen LogP contribution >= 0.6 is 0 Å². The van der Waals surface area contributed by atoms with Crippen LogP contribution in [0.3, 0.4) is 0 Å². The van der Waals surface area contributed by atoms with Crippen LogP contribution in [0.1, 0.15) is 52.9 Å². The number of nitrogens with zero attached hydrogens (tertiary/aromatic N) is 12. The Balaban J connectivity index is 1.30. The Morgan fingerprint density at radius 2 is 0.905 bits per heavy atom. The monoisotopic (exact) mass is 894 g/mol. The molecule has 0 radical (unpaired) electrons. The lowest BCUT2D eigenvalue weighted by Crippen LogP contribution is -2.62. The lowest BCUT2D eigenvalue weighted by Gasteiger charge is -2.43. The van der Waals surface area contributed by atoms with Gasteiger partial charge in [0.2, 0.25) is 0 Å². The van der Waals surface area contributed by atoms with Crippen molar-refractivity contribution in [2.45, 2.75) is 129 Å². The van der Waals surface area contributed by atoms with Crippen LogP contribution in [-0.4, -0.2) is 154 Å². The summed E-state index contributed by atoms with van der Waals surface area (Å²) < 4.78 is 64.4. The van der Waals surface area contributed by atoms with E-state index in [1.54, 1.807) is 12.4 Å². The largest absolute Gasteiger partial charge is 0.456 e. The molecule has 0 aromatic carbocycles. The van der Waals surface area contributed by atoms with E-state index in [0.717, 1.165) is 41.5 Å². The van der Waals surface area contributed by atoms with Crippen LogP contribution in [0.5, 0.6) is 0 Å². The average Bonchev–Trinajstić information content (AvgIpc) is 3.87. The summed E-state index contributed by atoms with van der Waals surface area (Å²) in [6, 6.07) is 0. The molecule has 2 aromatic rings. The van der Waals surface area contributed by atoms with E-state index in [0.29, 0.717) is 11.4 Å². The molecule has 0 amide bonds. The highest BCUT2D eigenvalue weighted by Gasteiger charge is 2.53. The zero-order chi connectivity index (χ0) is 46.1. The van der Waals surface area contributed by atoms with E-state index in [2.05, 4.69) is 40.7 Å². The van der Waals surface area contributed by atoms with Crippen molar-refractivity contribution in [3.63, 3.8) is 0 Å². The van der Waals surface area contributed by atoms with Gasteiger partial charge in [-0.1, -0.05) is 20.7 Å². The Bertz CT molecular complexity index is 1860. The first kappa shape index (κ1) is 49.2. The number of carbonyl (C=O) groups is 6. The molecule has 0 saturated carbocycles. The van der Waals surface area contributed by atoms with Crippen LogP contribution in [0.4, 0.5) is 0 Å². The summed E-state index contributed by atoms with van der Waals surface area (Å²) >= 11 is 0. The molecule has 10 atom stereocenters. The van der Waals surface area contributed by atoms with E-state index in [4.69, 9.17) is 63.2 Å². The molecule has 4 rings (SSSR count). The summed E-state index contributed by atoms with van der Waals surface area (Å²) in [4.78, 5) is 77.4. The Labute approximate surface area is 357 Å². The van der Waals surface area contributed by atoms with E-state index >= 15 is 0 Å². The second-order valence-electron chi connectivity index (χ2n) is 13.5. The van der Waals surface area contributed by atoms with E-state index in [1.165, 1.54) is 9.36 Å². The first-order valence-corrected chi connectivity index (χ1v) is 19.0. The van der Waals surface area contributed by atoms with Gasteiger partial charge < -0.3 is 52.1 Å². The van der Waals surface area contributed by atoms with Gasteiger partial charge in [0.15, 0.2) is 49.2 Å². The number of hydrogen-bond acceptors (Lipinski definition) is 23. The molecule has 0 unspecified atom stereocenters. The normalized spacial score (nSPS) is 25.3. The van der Waals surface area contributed by atoms with Gasteiger partial charge in [0.05, 0.1) is 65.0 Å². The van der Waals surface area contributed by atoms with Crippen molar-refractivity contribution in [1.29, 1.82) is 0 Å². The third-order valence-electron chi connectivity index (χ3n) is 8.54. The molecular formula is C34H46N12O17. The van der Waals surface area contributed by atoms with Crippen molar-refractivity contribution < 1.29 is 80.9 Å². The number of aromatic nitrogens is 6. The highest BCUT2D eigenvalue weighted by Crippen LogP contribution is 2.32. The molecule has 2 aliphatic heterocycles. The van der Waals surface area contributed by atoms with Crippen LogP contribution in [-0.2, 0) is 107 Å². The van der Waals surface area contributed by atoms with Gasteiger partial charge in [-0.15, -0.1) is 10.2 Å². The molecule has 0 bridgehead atoms. The van der Waals surface area contributed by atoms with Gasteiger partial charge in [-0.3, -0.25) is 28.8 Å². The summed E-state index contributed by atoms with van der Waals surface area (Å²) in [5, 5.41) is 23.2. The Kier molecular flexibility index (Phi) is 18.9. The van der Waals surface area contributed by atoms with Crippen molar-refractivity contribution >= 4 is 35.8 Å². The minimum atomic E-state index is -1.39. The topological polar surface area (TPSA) is 363 Å². The van der Waals surface area contributed by atoms with Crippen LogP contribution in [0.2, 0.25) is 0 Å². The van der Waals surface area contributed by atoms with Gasteiger partial charge in [-0.25, -0.2) is 9.36 Å². The van der Waals surface area contributed by atoms with Crippen molar-refractivity contribution in [1.82, 2.24) is 30.0 Å². The maximum atomic E-state index is 12.0. The zero-order valence-corrected chi connectivity index (χ0v) is 34.9.